The quantitative estimate of drug-likeness (QED) is 0.897. The SMILES string of the molecule is CCCn1ncc(Cl)c1C1(O)CCCC1CC. The number of hydrogen-bond donors (Lipinski definition) is 1. The normalized spacial score (nSPS) is 28.8. The fourth-order valence-electron chi connectivity index (χ4n) is 3.09. The summed E-state index contributed by atoms with van der Waals surface area (Å²) in [5, 5.41) is 15.9. The standard InChI is InChI=1S/C13H21ClN2O/c1-3-8-16-12(11(14)9-15-16)13(17)7-5-6-10(13)4-2/h9-10,17H,3-8H2,1-2H3. The van der Waals surface area contributed by atoms with Gasteiger partial charge in [-0.1, -0.05) is 31.9 Å². The van der Waals surface area contributed by atoms with Crippen molar-refractivity contribution in [2.45, 2.75) is 58.1 Å². The van der Waals surface area contributed by atoms with Crippen LogP contribution in [0, 0.1) is 5.92 Å². The van der Waals surface area contributed by atoms with Gasteiger partial charge in [-0.15, -0.1) is 0 Å². The van der Waals surface area contributed by atoms with Crippen LogP contribution in [0.4, 0.5) is 0 Å². The van der Waals surface area contributed by atoms with E-state index in [0.29, 0.717) is 10.9 Å². The highest BCUT2D eigenvalue weighted by Crippen LogP contribution is 2.47. The summed E-state index contributed by atoms with van der Waals surface area (Å²) in [6.45, 7) is 5.06. The minimum absolute atomic E-state index is 0.312. The third kappa shape index (κ3) is 2.11. The molecule has 0 amide bonds. The summed E-state index contributed by atoms with van der Waals surface area (Å²) < 4.78 is 1.89. The summed E-state index contributed by atoms with van der Waals surface area (Å²) in [4.78, 5) is 0. The lowest BCUT2D eigenvalue weighted by Gasteiger charge is -2.30. The van der Waals surface area contributed by atoms with Gasteiger partial charge in [0, 0.05) is 6.54 Å². The van der Waals surface area contributed by atoms with Gasteiger partial charge in [-0.2, -0.15) is 5.10 Å². The first-order chi connectivity index (χ1) is 8.13. The van der Waals surface area contributed by atoms with Crippen molar-refractivity contribution in [3.8, 4) is 0 Å². The van der Waals surface area contributed by atoms with Crippen molar-refractivity contribution in [3.63, 3.8) is 0 Å². The van der Waals surface area contributed by atoms with Crippen LogP contribution in [-0.4, -0.2) is 14.9 Å². The van der Waals surface area contributed by atoms with E-state index < -0.39 is 5.60 Å². The highest BCUT2D eigenvalue weighted by Gasteiger charge is 2.45. The molecule has 4 heteroatoms. The van der Waals surface area contributed by atoms with Gasteiger partial charge < -0.3 is 5.11 Å². The van der Waals surface area contributed by atoms with Crippen LogP contribution in [0.5, 0.6) is 0 Å². The minimum Gasteiger partial charge on any atom is -0.383 e. The van der Waals surface area contributed by atoms with Gasteiger partial charge in [0.2, 0.25) is 0 Å². The lowest BCUT2D eigenvalue weighted by atomic mass is 9.85. The maximum atomic E-state index is 11.0. The first kappa shape index (κ1) is 12.9. The lowest BCUT2D eigenvalue weighted by Crippen LogP contribution is -2.33. The molecular formula is C13H21ClN2O. The van der Waals surface area contributed by atoms with Gasteiger partial charge in [0.25, 0.3) is 0 Å². The molecule has 2 atom stereocenters. The summed E-state index contributed by atoms with van der Waals surface area (Å²) in [6, 6.07) is 0. The third-order valence-corrected chi connectivity index (χ3v) is 4.20. The van der Waals surface area contributed by atoms with Crippen molar-refractivity contribution in [1.82, 2.24) is 9.78 Å². The Kier molecular flexibility index (Phi) is 3.79. The molecule has 1 N–H and O–H groups in total. The van der Waals surface area contributed by atoms with E-state index in [1.54, 1.807) is 6.20 Å². The van der Waals surface area contributed by atoms with Gasteiger partial charge in [0.05, 0.1) is 16.9 Å². The van der Waals surface area contributed by atoms with Crippen LogP contribution in [0.2, 0.25) is 5.02 Å². The first-order valence-electron chi connectivity index (χ1n) is 6.57. The van der Waals surface area contributed by atoms with E-state index in [1.807, 2.05) is 4.68 Å². The molecule has 1 aromatic rings. The maximum Gasteiger partial charge on any atom is 0.110 e. The van der Waals surface area contributed by atoms with E-state index in [2.05, 4.69) is 18.9 Å². The number of rotatable bonds is 4. The van der Waals surface area contributed by atoms with Crippen molar-refractivity contribution in [2.24, 2.45) is 5.92 Å². The lowest BCUT2D eigenvalue weighted by molar-refractivity contribution is -0.0121. The van der Waals surface area contributed by atoms with E-state index >= 15 is 0 Å². The molecule has 1 aliphatic carbocycles. The van der Waals surface area contributed by atoms with Crippen LogP contribution in [0.25, 0.3) is 0 Å². The molecule has 1 fully saturated rings. The molecule has 0 bridgehead atoms. The Morgan fingerprint density at radius 2 is 2.35 bits per heavy atom. The maximum absolute atomic E-state index is 11.0. The molecule has 1 aliphatic rings. The molecule has 0 aliphatic heterocycles. The third-order valence-electron chi connectivity index (χ3n) is 3.92. The minimum atomic E-state index is -0.766. The van der Waals surface area contributed by atoms with Crippen LogP contribution in [0.15, 0.2) is 6.20 Å². The second kappa shape index (κ2) is 4.99. The predicted molar refractivity (Wildman–Crippen MR) is 69.1 cm³/mol. The number of halogens is 1. The van der Waals surface area contributed by atoms with Crippen molar-refractivity contribution in [3.05, 3.63) is 16.9 Å². The zero-order valence-corrected chi connectivity index (χ0v) is 11.4. The van der Waals surface area contributed by atoms with Crippen LogP contribution in [0.3, 0.4) is 0 Å². The summed E-state index contributed by atoms with van der Waals surface area (Å²) in [5.41, 5.74) is 0.0719. The average molecular weight is 257 g/mol. The highest BCUT2D eigenvalue weighted by molar-refractivity contribution is 6.31. The smallest absolute Gasteiger partial charge is 0.110 e. The molecule has 1 heterocycles. The zero-order valence-electron chi connectivity index (χ0n) is 10.6. The fourth-order valence-corrected chi connectivity index (χ4v) is 3.39. The zero-order chi connectivity index (χ0) is 12.5. The van der Waals surface area contributed by atoms with E-state index in [1.165, 1.54) is 0 Å². The second-order valence-electron chi connectivity index (χ2n) is 4.99. The predicted octanol–water partition coefficient (Wildman–Crippen LogP) is 3.34. The average Bonchev–Trinajstić information content (AvgIpc) is 2.84. The van der Waals surface area contributed by atoms with E-state index in [9.17, 15) is 5.11 Å². The van der Waals surface area contributed by atoms with Crippen molar-refractivity contribution < 1.29 is 5.11 Å². The van der Waals surface area contributed by atoms with Gasteiger partial charge in [-0.25, -0.2) is 0 Å². The van der Waals surface area contributed by atoms with Crippen LogP contribution < -0.4 is 0 Å². The summed E-state index contributed by atoms with van der Waals surface area (Å²) >= 11 is 6.23. The van der Waals surface area contributed by atoms with Crippen molar-refractivity contribution in [1.29, 1.82) is 0 Å². The highest BCUT2D eigenvalue weighted by atomic mass is 35.5. The molecule has 96 valence electrons. The summed E-state index contributed by atoms with van der Waals surface area (Å²) in [7, 11) is 0. The number of aromatic nitrogens is 2. The Morgan fingerprint density at radius 1 is 1.59 bits per heavy atom. The Hall–Kier alpha value is -0.540. The van der Waals surface area contributed by atoms with Crippen LogP contribution in [-0.2, 0) is 12.1 Å². The van der Waals surface area contributed by atoms with E-state index in [-0.39, 0.29) is 0 Å². The molecule has 0 aromatic carbocycles. The Bertz CT molecular complexity index is 391. The van der Waals surface area contributed by atoms with Gasteiger partial charge in [-0.05, 0) is 31.6 Å². The molecule has 2 unspecified atom stereocenters. The monoisotopic (exact) mass is 256 g/mol. The molecular weight excluding hydrogens is 236 g/mol. The molecule has 1 aromatic heterocycles. The molecule has 2 rings (SSSR count). The summed E-state index contributed by atoms with van der Waals surface area (Å²) in [6.07, 6.45) is 6.61. The number of nitrogens with zero attached hydrogens (tertiary/aromatic N) is 2. The first-order valence-corrected chi connectivity index (χ1v) is 6.95. The molecule has 17 heavy (non-hydrogen) atoms. The molecule has 0 spiro atoms. The second-order valence-corrected chi connectivity index (χ2v) is 5.39. The van der Waals surface area contributed by atoms with Gasteiger partial charge >= 0.3 is 0 Å². The van der Waals surface area contributed by atoms with Crippen molar-refractivity contribution in [2.75, 3.05) is 0 Å². The van der Waals surface area contributed by atoms with Gasteiger partial charge in [-0.3, -0.25) is 4.68 Å². The fraction of sp³-hybridized carbons (Fsp3) is 0.769. The van der Waals surface area contributed by atoms with Crippen molar-refractivity contribution >= 4 is 11.6 Å². The molecule has 0 radical (unpaired) electrons. The number of aliphatic hydroxyl groups is 1. The Morgan fingerprint density at radius 3 is 3.00 bits per heavy atom. The number of hydrogen-bond acceptors (Lipinski definition) is 2. The molecule has 3 nitrogen and oxygen atoms in total. The van der Waals surface area contributed by atoms with E-state index in [0.717, 1.165) is 44.3 Å². The molecule has 1 saturated carbocycles. The van der Waals surface area contributed by atoms with Gasteiger partial charge in [0.15, 0.2) is 0 Å². The topological polar surface area (TPSA) is 38.0 Å². The van der Waals surface area contributed by atoms with E-state index in [4.69, 9.17) is 11.6 Å². The largest absolute Gasteiger partial charge is 0.383 e. The Labute approximate surface area is 108 Å². The van der Waals surface area contributed by atoms with Crippen LogP contribution in [0.1, 0.15) is 51.6 Å². The van der Waals surface area contributed by atoms with Gasteiger partial charge in [0.1, 0.15) is 5.60 Å². The molecule has 0 saturated heterocycles. The van der Waals surface area contributed by atoms with Crippen LogP contribution >= 0.6 is 11.6 Å². The Balaban J connectivity index is 2.40. The summed E-state index contributed by atoms with van der Waals surface area (Å²) in [5.74, 6) is 0.312. The number of aryl methyl sites for hydroxylation is 1.